The zero-order valence-electron chi connectivity index (χ0n) is 17.7. The van der Waals surface area contributed by atoms with Crippen molar-refractivity contribution < 1.29 is 0 Å². The van der Waals surface area contributed by atoms with Crippen LogP contribution in [0.2, 0.25) is 0 Å². The minimum atomic E-state index is 0.493. The van der Waals surface area contributed by atoms with Crippen LogP contribution in [0.15, 0.2) is 54.6 Å². The van der Waals surface area contributed by atoms with E-state index in [-0.39, 0.29) is 0 Å². The number of hydrogen-bond donors (Lipinski definition) is 0. The molecular weight excluding hydrogens is 324 g/mol. The Balaban J connectivity index is 2.01. The first-order chi connectivity index (χ1) is 12.8. The monoisotopic (exact) mass is 356 g/mol. The predicted molar refractivity (Wildman–Crippen MR) is 118 cm³/mol. The minimum Gasteiger partial charge on any atom is -0.0590 e. The lowest BCUT2D eigenvalue weighted by Crippen LogP contribution is -2.10. The molecule has 3 aromatic carbocycles. The summed E-state index contributed by atoms with van der Waals surface area (Å²) < 4.78 is 0. The Kier molecular flexibility index (Phi) is 5.85. The van der Waals surface area contributed by atoms with Crippen molar-refractivity contribution in [3.05, 3.63) is 105 Å². The van der Waals surface area contributed by atoms with E-state index in [1.807, 2.05) is 0 Å². The number of aryl methyl sites for hydroxylation is 6. The maximum atomic E-state index is 2.40. The Morgan fingerprint density at radius 3 is 1.85 bits per heavy atom. The molecular formula is C27H32. The molecule has 0 radical (unpaired) electrons. The van der Waals surface area contributed by atoms with Crippen LogP contribution in [-0.2, 0) is 12.8 Å². The molecule has 3 rings (SSSR count). The molecule has 0 saturated carbocycles. The highest BCUT2D eigenvalue weighted by Gasteiger charge is 2.17. The molecule has 27 heavy (non-hydrogen) atoms. The van der Waals surface area contributed by atoms with Crippen molar-refractivity contribution >= 4 is 0 Å². The van der Waals surface area contributed by atoms with Crippen LogP contribution in [0.5, 0.6) is 0 Å². The van der Waals surface area contributed by atoms with Gasteiger partial charge in [-0.1, -0.05) is 76.9 Å². The summed E-state index contributed by atoms with van der Waals surface area (Å²) in [7, 11) is 0. The van der Waals surface area contributed by atoms with E-state index in [1.165, 1.54) is 50.1 Å². The van der Waals surface area contributed by atoms with Crippen molar-refractivity contribution in [2.24, 2.45) is 0 Å². The molecule has 0 aliphatic rings. The molecule has 0 N–H and O–H groups in total. The summed E-state index contributed by atoms with van der Waals surface area (Å²) in [6, 6.07) is 20.8. The van der Waals surface area contributed by atoms with Gasteiger partial charge >= 0.3 is 0 Å². The first-order valence-corrected chi connectivity index (χ1v) is 10.0. The van der Waals surface area contributed by atoms with Gasteiger partial charge in [0.2, 0.25) is 0 Å². The van der Waals surface area contributed by atoms with Crippen molar-refractivity contribution in [2.75, 3.05) is 0 Å². The summed E-state index contributed by atoms with van der Waals surface area (Å²) in [6.07, 6.45) is 2.17. The van der Waals surface area contributed by atoms with Crippen molar-refractivity contribution in [3.8, 4) is 0 Å². The molecule has 0 heterocycles. The standard InChI is InChI=1S/C27H32/c1-18-8-10-25(23(6)12-18)17-26(27-15-19(2)7-9-22(27)5)16-24-13-20(3)11-21(4)14-24/h7-15,26H,16-17H2,1-6H3. The highest BCUT2D eigenvalue weighted by Crippen LogP contribution is 2.30. The molecule has 0 amide bonds. The van der Waals surface area contributed by atoms with E-state index < -0.39 is 0 Å². The molecule has 0 saturated heterocycles. The highest BCUT2D eigenvalue weighted by atomic mass is 14.2. The van der Waals surface area contributed by atoms with Gasteiger partial charge in [0.15, 0.2) is 0 Å². The summed E-state index contributed by atoms with van der Waals surface area (Å²) in [5.41, 5.74) is 12.6. The molecule has 0 aliphatic carbocycles. The number of rotatable bonds is 5. The van der Waals surface area contributed by atoms with Crippen LogP contribution in [0.25, 0.3) is 0 Å². The van der Waals surface area contributed by atoms with Gasteiger partial charge in [-0.3, -0.25) is 0 Å². The lowest BCUT2D eigenvalue weighted by Gasteiger charge is -2.22. The number of benzene rings is 3. The van der Waals surface area contributed by atoms with E-state index in [2.05, 4.69) is 96.1 Å². The Hall–Kier alpha value is -2.34. The normalized spacial score (nSPS) is 12.2. The van der Waals surface area contributed by atoms with Gasteiger partial charge in [0, 0.05) is 0 Å². The minimum absolute atomic E-state index is 0.493. The summed E-state index contributed by atoms with van der Waals surface area (Å²) in [5.74, 6) is 0.493. The zero-order valence-corrected chi connectivity index (χ0v) is 17.7. The predicted octanol–water partition coefficient (Wildman–Crippen LogP) is 7.11. The van der Waals surface area contributed by atoms with Crippen LogP contribution < -0.4 is 0 Å². The lowest BCUT2D eigenvalue weighted by molar-refractivity contribution is 0.672. The van der Waals surface area contributed by atoms with Crippen molar-refractivity contribution in [3.63, 3.8) is 0 Å². The van der Waals surface area contributed by atoms with E-state index in [4.69, 9.17) is 0 Å². The molecule has 0 fully saturated rings. The molecule has 1 atom stereocenters. The van der Waals surface area contributed by atoms with Crippen molar-refractivity contribution in [1.29, 1.82) is 0 Å². The van der Waals surface area contributed by atoms with Crippen LogP contribution in [0.4, 0.5) is 0 Å². The third kappa shape index (κ3) is 4.89. The van der Waals surface area contributed by atoms with Crippen LogP contribution in [0.1, 0.15) is 56.0 Å². The third-order valence-corrected chi connectivity index (χ3v) is 5.60. The molecule has 3 aromatic rings. The van der Waals surface area contributed by atoms with Crippen LogP contribution in [0, 0.1) is 41.5 Å². The molecule has 0 bridgehead atoms. The molecule has 0 aliphatic heterocycles. The Labute approximate surface area is 165 Å². The largest absolute Gasteiger partial charge is 0.0590 e. The Morgan fingerprint density at radius 2 is 1.19 bits per heavy atom. The molecule has 140 valence electrons. The van der Waals surface area contributed by atoms with E-state index in [0.29, 0.717) is 5.92 Å². The summed E-state index contributed by atoms with van der Waals surface area (Å²) in [6.45, 7) is 13.3. The Bertz CT molecular complexity index is 926. The lowest BCUT2D eigenvalue weighted by atomic mass is 9.82. The fourth-order valence-electron chi connectivity index (χ4n) is 4.30. The molecule has 0 spiro atoms. The summed E-state index contributed by atoms with van der Waals surface area (Å²) in [5, 5.41) is 0. The average Bonchev–Trinajstić information content (AvgIpc) is 2.58. The third-order valence-electron chi connectivity index (χ3n) is 5.60. The second kappa shape index (κ2) is 8.13. The van der Waals surface area contributed by atoms with E-state index in [0.717, 1.165) is 12.8 Å². The van der Waals surface area contributed by atoms with Gasteiger partial charge in [-0.05, 0) is 88.1 Å². The molecule has 0 aromatic heterocycles. The maximum absolute atomic E-state index is 2.40. The fraction of sp³-hybridized carbons (Fsp3) is 0.333. The molecule has 1 unspecified atom stereocenters. The average molecular weight is 357 g/mol. The second-order valence-electron chi connectivity index (χ2n) is 8.39. The second-order valence-corrected chi connectivity index (χ2v) is 8.39. The van der Waals surface area contributed by atoms with E-state index in [9.17, 15) is 0 Å². The molecule has 0 heteroatoms. The van der Waals surface area contributed by atoms with Crippen LogP contribution >= 0.6 is 0 Å². The quantitative estimate of drug-likeness (QED) is 0.457. The van der Waals surface area contributed by atoms with Crippen LogP contribution in [0.3, 0.4) is 0 Å². The number of hydrogen-bond acceptors (Lipinski definition) is 0. The van der Waals surface area contributed by atoms with Gasteiger partial charge in [0.1, 0.15) is 0 Å². The van der Waals surface area contributed by atoms with Gasteiger partial charge in [-0.25, -0.2) is 0 Å². The van der Waals surface area contributed by atoms with Gasteiger partial charge in [-0.2, -0.15) is 0 Å². The van der Waals surface area contributed by atoms with Crippen molar-refractivity contribution in [2.45, 2.75) is 60.3 Å². The van der Waals surface area contributed by atoms with E-state index in [1.54, 1.807) is 0 Å². The summed E-state index contributed by atoms with van der Waals surface area (Å²) >= 11 is 0. The first kappa shape index (κ1) is 19.4. The maximum Gasteiger partial charge on any atom is -0.00782 e. The van der Waals surface area contributed by atoms with Gasteiger partial charge in [0.05, 0.1) is 0 Å². The fourth-order valence-corrected chi connectivity index (χ4v) is 4.30. The Morgan fingerprint density at radius 1 is 0.556 bits per heavy atom. The van der Waals surface area contributed by atoms with E-state index >= 15 is 0 Å². The van der Waals surface area contributed by atoms with Crippen molar-refractivity contribution in [1.82, 2.24) is 0 Å². The first-order valence-electron chi connectivity index (χ1n) is 10.0. The van der Waals surface area contributed by atoms with Gasteiger partial charge in [-0.15, -0.1) is 0 Å². The highest BCUT2D eigenvalue weighted by molar-refractivity contribution is 5.39. The van der Waals surface area contributed by atoms with Crippen LogP contribution in [-0.4, -0.2) is 0 Å². The topological polar surface area (TPSA) is 0 Å². The van der Waals surface area contributed by atoms with Gasteiger partial charge < -0.3 is 0 Å². The zero-order chi connectivity index (χ0) is 19.6. The SMILES string of the molecule is Cc1cc(C)cc(CC(Cc2ccc(C)cc2C)c2cc(C)ccc2C)c1. The van der Waals surface area contributed by atoms with Gasteiger partial charge in [0.25, 0.3) is 0 Å². The molecule has 0 nitrogen and oxygen atoms in total. The smallest absolute Gasteiger partial charge is 0.00782 e. The summed E-state index contributed by atoms with van der Waals surface area (Å²) in [4.78, 5) is 0.